The molecule has 0 amide bonds. The Morgan fingerprint density at radius 2 is 0.481 bits per heavy atom. The second-order valence-electron chi connectivity index (χ2n) is 26.6. The fourth-order valence-electron chi connectivity index (χ4n) is 10.3. The number of hydrogen-bond acceptors (Lipinski definition) is 15. The fraction of sp³-hybridized carbons (Fsp3) is 0.694. The van der Waals surface area contributed by atoms with Gasteiger partial charge in [-0.3, -0.25) is 37.3 Å². The smallest absolute Gasteiger partial charge is 0.462 e. The first-order valence-corrected chi connectivity index (χ1v) is 43.4. The zero-order chi connectivity index (χ0) is 76.0. The summed E-state index contributed by atoms with van der Waals surface area (Å²) in [6, 6.07) is 0. The van der Waals surface area contributed by atoms with Gasteiger partial charge in [-0.2, -0.15) is 0 Å². The van der Waals surface area contributed by atoms with Gasteiger partial charge >= 0.3 is 39.5 Å². The highest BCUT2D eigenvalue weighted by Gasteiger charge is 2.30. The summed E-state index contributed by atoms with van der Waals surface area (Å²) in [6.07, 6.45) is 85.7. The van der Waals surface area contributed by atoms with Crippen LogP contribution in [0.5, 0.6) is 0 Å². The van der Waals surface area contributed by atoms with Crippen LogP contribution in [0.3, 0.4) is 0 Å². The van der Waals surface area contributed by atoms with E-state index in [9.17, 15) is 43.2 Å². The zero-order valence-electron chi connectivity index (χ0n) is 65.2. The van der Waals surface area contributed by atoms with E-state index in [4.69, 9.17) is 37.0 Å². The van der Waals surface area contributed by atoms with Crippen molar-refractivity contribution in [3.63, 3.8) is 0 Å². The third kappa shape index (κ3) is 75.4. The van der Waals surface area contributed by atoms with Crippen LogP contribution in [0.1, 0.15) is 323 Å². The van der Waals surface area contributed by atoms with Crippen LogP contribution in [-0.4, -0.2) is 96.7 Å². The highest BCUT2D eigenvalue weighted by molar-refractivity contribution is 7.47. The molecule has 0 radical (unpaired) electrons. The van der Waals surface area contributed by atoms with Crippen molar-refractivity contribution in [1.82, 2.24) is 0 Å². The van der Waals surface area contributed by atoms with Gasteiger partial charge in [-0.05, 0) is 167 Å². The number of hydrogen-bond donors (Lipinski definition) is 3. The maximum atomic E-state index is 13.1. The molecule has 3 unspecified atom stereocenters. The second-order valence-corrected chi connectivity index (χ2v) is 29.5. The molecule has 0 bridgehead atoms. The lowest BCUT2D eigenvalue weighted by molar-refractivity contribution is -0.161. The first-order valence-electron chi connectivity index (χ1n) is 40.4. The fourth-order valence-corrected chi connectivity index (χ4v) is 11.9. The van der Waals surface area contributed by atoms with E-state index in [-0.39, 0.29) is 25.7 Å². The van der Waals surface area contributed by atoms with Crippen LogP contribution in [0.4, 0.5) is 0 Å². The molecule has 0 aromatic carbocycles. The molecular formula is C85H144O17P2. The summed E-state index contributed by atoms with van der Waals surface area (Å²) in [6.45, 7) is 4.66. The van der Waals surface area contributed by atoms with E-state index in [1.165, 1.54) is 77.0 Å². The molecule has 0 aliphatic rings. The quantitative estimate of drug-likeness (QED) is 0.0169. The number of phosphoric acid groups is 2. The third-order valence-corrected chi connectivity index (χ3v) is 18.5. The molecule has 596 valence electrons. The Labute approximate surface area is 631 Å². The van der Waals surface area contributed by atoms with Crippen LogP contribution in [0.15, 0.2) is 134 Å². The highest BCUT2D eigenvalue weighted by Crippen LogP contribution is 2.45. The predicted molar refractivity (Wildman–Crippen MR) is 427 cm³/mol. The van der Waals surface area contributed by atoms with Crippen molar-refractivity contribution in [2.75, 3.05) is 39.6 Å². The number of ether oxygens (including phenoxy) is 4. The van der Waals surface area contributed by atoms with Crippen LogP contribution >= 0.6 is 15.6 Å². The molecule has 0 spiro atoms. The number of rotatable bonds is 75. The Morgan fingerprint density at radius 1 is 0.269 bits per heavy atom. The number of unbranched alkanes of at least 4 members (excludes halogenated alkanes) is 27. The summed E-state index contributed by atoms with van der Waals surface area (Å²) in [7, 11) is -9.99. The summed E-state index contributed by atoms with van der Waals surface area (Å²) in [5.74, 6) is -2.29. The number of allylic oxidation sites excluding steroid dienone is 22. The molecule has 17 nitrogen and oxygen atoms in total. The normalized spacial score (nSPS) is 14.6. The van der Waals surface area contributed by atoms with Crippen molar-refractivity contribution in [3.8, 4) is 0 Å². The van der Waals surface area contributed by atoms with Crippen molar-refractivity contribution < 1.29 is 80.2 Å². The molecule has 0 saturated carbocycles. The minimum atomic E-state index is -5.00. The summed E-state index contributed by atoms with van der Waals surface area (Å²) >= 11 is 0. The number of aliphatic hydroxyl groups is 1. The summed E-state index contributed by atoms with van der Waals surface area (Å²) in [5.41, 5.74) is 0. The Balaban J connectivity index is 5.47. The molecule has 0 aliphatic carbocycles. The lowest BCUT2D eigenvalue weighted by Gasteiger charge is -2.21. The van der Waals surface area contributed by atoms with Gasteiger partial charge in [-0.25, -0.2) is 9.13 Å². The molecule has 5 atom stereocenters. The van der Waals surface area contributed by atoms with E-state index in [0.717, 1.165) is 161 Å². The number of carbonyl (C=O) groups excluding carboxylic acids is 4. The average Bonchev–Trinajstić information content (AvgIpc) is 0.926. The molecule has 0 saturated heterocycles. The van der Waals surface area contributed by atoms with Gasteiger partial charge < -0.3 is 33.8 Å². The predicted octanol–water partition coefficient (Wildman–Crippen LogP) is 23.7. The Kier molecular flexibility index (Phi) is 72.9. The summed E-state index contributed by atoms with van der Waals surface area (Å²) in [5, 5.41) is 10.6. The average molecular weight is 1500 g/mol. The minimum Gasteiger partial charge on any atom is -0.462 e. The van der Waals surface area contributed by atoms with Crippen LogP contribution in [0.2, 0.25) is 0 Å². The SMILES string of the molecule is CCCCCC=CCC=CCC=CCC=CCCCC(=O)OC[C@H](COP(=O)(O)OCC(O)COP(=O)(O)OC[C@@H](COC(=O)CCCCCCCC=CCC=CCCCCC)OC(=O)CCCCCCCC=CCC=CCCCCC)OC(=O)CCCCCCC=CCC=CCC=CCCCCC. The number of esters is 4. The van der Waals surface area contributed by atoms with Gasteiger partial charge in [-0.1, -0.05) is 264 Å². The van der Waals surface area contributed by atoms with E-state index in [1.54, 1.807) is 0 Å². The maximum Gasteiger partial charge on any atom is 0.472 e. The monoisotopic (exact) mass is 1500 g/mol. The molecule has 0 aromatic rings. The van der Waals surface area contributed by atoms with Gasteiger partial charge in [0.05, 0.1) is 26.4 Å². The largest absolute Gasteiger partial charge is 0.472 e. The van der Waals surface area contributed by atoms with Gasteiger partial charge in [0.15, 0.2) is 12.2 Å². The second kappa shape index (κ2) is 76.4. The first kappa shape index (κ1) is 99.2. The van der Waals surface area contributed by atoms with Crippen molar-refractivity contribution in [3.05, 3.63) is 134 Å². The van der Waals surface area contributed by atoms with E-state index in [2.05, 4.69) is 149 Å². The van der Waals surface area contributed by atoms with E-state index < -0.39 is 97.5 Å². The molecule has 0 heterocycles. The third-order valence-electron chi connectivity index (χ3n) is 16.6. The number of phosphoric ester groups is 2. The topological polar surface area (TPSA) is 237 Å². The number of carbonyl (C=O) groups is 4. The highest BCUT2D eigenvalue weighted by atomic mass is 31.2. The summed E-state index contributed by atoms with van der Waals surface area (Å²) < 4.78 is 68.5. The zero-order valence-corrected chi connectivity index (χ0v) is 66.9. The van der Waals surface area contributed by atoms with Crippen molar-refractivity contribution in [2.24, 2.45) is 0 Å². The Bertz CT molecular complexity index is 2490. The molecule has 0 aromatic heterocycles. The lowest BCUT2D eigenvalue weighted by Crippen LogP contribution is -2.30. The molecule has 104 heavy (non-hydrogen) atoms. The van der Waals surface area contributed by atoms with Gasteiger partial charge in [0, 0.05) is 25.7 Å². The van der Waals surface area contributed by atoms with Gasteiger partial charge in [-0.15, -0.1) is 0 Å². The van der Waals surface area contributed by atoms with Gasteiger partial charge in [0.2, 0.25) is 0 Å². The van der Waals surface area contributed by atoms with Crippen molar-refractivity contribution in [1.29, 1.82) is 0 Å². The molecule has 0 fully saturated rings. The van der Waals surface area contributed by atoms with Crippen LogP contribution in [0.25, 0.3) is 0 Å². The molecule has 0 aliphatic heterocycles. The first-order chi connectivity index (χ1) is 50.7. The number of aliphatic hydroxyl groups excluding tert-OH is 1. The standard InChI is InChI=1S/C85H144O17P2/c1-5-9-13-17-21-25-29-33-37-39-43-46-50-54-58-62-66-70-83(88)96-76-81(102-85(90)72-68-64-60-56-52-48-44-40-38-34-30-26-22-18-14-10-6-2)78-100-104(93,94)98-74-79(86)73-97-103(91,92)99-77-80(101-84(89)71-67-63-59-55-51-47-42-36-32-28-24-20-16-12-8-4)75-95-82(87)69-65-61-57-53-49-45-41-35-31-27-23-19-15-11-7-3/h21-28,33-38,41-44,46,48,54,58,79-81,86H,5-20,29-32,39-40,45,47,49-53,55-57,59-78H2,1-4H3,(H,91,92)(H,93,94)/t79?,80-,81-/m1/s1. The molecule has 19 heteroatoms. The Morgan fingerprint density at radius 3 is 0.760 bits per heavy atom. The van der Waals surface area contributed by atoms with Gasteiger partial charge in [0.1, 0.15) is 19.3 Å². The van der Waals surface area contributed by atoms with Crippen molar-refractivity contribution >= 4 is 39.5 Å². The Hall–Kier alpha value is -4.80. The van der Waals surface area contributed by atoms with Gasteiger partial charge in [0.25, 0.3) is 0 Å². The molecule has 3 N–H and O–H groups in total. The van der Waals surface area contributed by atoms with Crippen LogP contribution < -0.4 is 0 Å². The summed E-state index contributed by atoms with van der Waals surface area (Å²) in [4.78, 5) is 73.0. The van der Waals surface area contributed by atoms with E-state index in [1.807, 2.05) is 12.2 Å². The van der Waals surface area contributed by atoms with E-state index >= 15 is 0 Å². The lowest BCUT2D eigenvalue weighted by atomic mass is 10.1. The maximum absolute atomic E-state index is 13.1. The van der Waals surface area contributed by atoms with Crippen LogP contribution in [-0.2, 0) is 65.4 Å². The molecule has 0 rings (SSSR count). The van der Waals surface area contributed by atoms with Crippen molar-refractivity contribution in [2.45, 2.75) is 341 Å². The minimum absolute atomic E-state index is 0.0541. The van der Waals surface area contributed by atoms with E-state index in [0.29, 0.717) is 32.1 Å². The molecular weight excluding hydrogens is 1350 g/mol. The van der Waals surface area contributed by atoms with Crippen LogP contribution in [0, 0.1) is 0 Å².